The van der Waals surface area contributed by atoms with Gasteiger partial charge in [-0.15, -0.1) is 0 Å². The second-order valence-corrected chi connectivity index (χ2v) is 6.43. The van der Waals surface area contributed by atoms with E-state index in [2.05, 4.69) is 25.7 Å². The average Bonchev–Trinajstić information content (AvgIpc) is 2.50. The summed E-state index contributed by atoms with van der Waals surface area (Å²) in [5.41, 5.74) is 1.14. The van der Waals surface area contributed by atoms with Crippen LogP contribution >= 0.6 is 0 Å². The highest BCUT2D eigenvalue weighted by Crippen LogP contribution is 2.15. The first kappa shape index (κ1) is 17.2. The summed E-state index contributed by atoms with van der Waals surface area (Å²) in [5.74, 6) is 0.261. The molecule has 0 saturated carbocycles. The molecule has 5 nitrogen and oxygen atoms in total. The van der Waals surface area contributed by atoms with Crippen molar-refractivity contribution in [2.24, 2.45) is 7.05 Å². The normalized spacial score (nSPS) is 21.2. The van der Waals surface area contributed by atoms with Crippen molar-refractivity contribution in [2.45, 2.75) is 38.8 Å². The van der Waals surface area contributed by atoms with E-state index in [0.717, 1.165) is 25.3 Å². The third-order valence-corrected chi connectivity index (χ3v) is 4.25. The van der Waals surface area contributed by atoms with Gasteiger partial charge in [0.2, 0.25) is 5.56 Å². The number of rotatable bonds is 6. The average molecular weight is 308 g/mol. The number of morpholine rings is 1. The summed E-state index contributed by atoms with van der Waals surface area (Å²) < 4.78 is 13.2. The first-order chi connectivity index (χ1) is 10.5. The smallest absolute Gasteiger partial charge is 0.250 e. The second kappa shape index (κ2) is 7.90. The van der Waals surface area contributed by atoms with Crippen molar-refractivity contribution in [3.05, 3.63) is 34.2 Å². The molecule has 2 atom stereocenters. The zero-order chi connectivity index (χ0) is 16.1. The summed E-state index contributed by atoms with van der Waals surface area (Å²) in [4.78, 5) is 13.8. The fourth-order valence-corrected chi connectivity index (χ4v) is 2.69. The third kappa shape index (κ3) is 4.66. The molecule has 1 aromatic rings. The highest BCUT2D eigenvalue weighted by atomic mass is 16.5. The first-order valence-electron chi connectivity index (χ1n) is 8.07. The van der Waals surface area contributed by atoms with Crippen LogP contribution in [-0.2, 0) is 16.5 Å². The quantitative estimate of drug-likeness (QED) is 0.801. The predicted molar refractivity (Wildman–Crippen MR) is 87.4 cm³/mol. The summed E-state index contributed by atoms with van der Waals surface area (Å²) in [6.45, 7) is 10.5. The molecule has 0 bridgehead atoms. The lowest BCUT2D eigenvalue weighted by Crippen LogP contribution is -2.47. The number of hydrogen-bond acceptors (Lipinski definition) is 4. The van der Waals surface area contributed by atoms with Crippen molar-refractivity contribution in [1.82, 2.24) is 9.47 Å². The molecule has 0 amide bonds. The lowest BCUT2D eigenvalue weighted by atomic mass is 10.0. The first-order valence-corrected chi connectivity index (χ1v) is 8.07. The van der Waals surface area contributed by atoms with Gasteiger partial charge in [0.05, 0.1) is 25.9 Å². The molecule has 2 heterocycles. The van der Waals surface area contributed by atoms with Crippen LogP contribution in [0.3, 0.4) is 0 Å². The lowest BCUT2D eigenvalue weighted by molar-refractivity contribution is -0.0770. The molecule has 2 unspecified atom stereocenters. The molecule has 0 aromatic carbocycles. The maximum Gasteiger partial charge on any atom is 0.250 e. The van der Waals surface area contributed by atoms with Gasteiger partial charge in [-0.3, -0.25) is 9.69 Å². The molecule has 0 aliphatic carbocycles. The van der Waals surface area contributed by atoms with Crippen LogP contribution in [0.5, 0.6) is 0 Å². The van der Waals surface area contributed by atoms with E-state index in [9.17, 15) is 4.79 Å². The van der Waals surface area contributed by atoms with E-state index in [-0.39, 0.29) is 17.6 Å². The summed E-state index contributed by atoms with van der Waals surface area (Å²) in [7, 11) is 1.77. The molecule has 124 valence electrons. The molecule has 2 rings (SSSR count). The fourth-order valence-electron chi connectivity index (χ4n) is 2.69. The highest BCUT2D eigenvalue weighted by molar-refractivity contribution is 5.14. The zero-order valence-corrected chi connectivity index (χ0v) is 14.1. The molecule has 1 saturated heterocycles. The van der Waals surface area contributed by atoms with Crippen LogP contribution in [0.15, 0.2) is 23.1 Å². The minimum Gasteiger partial charge on any atom is -0.378 e. The van der Waals surface area contributed by atoms with Gasteiger partial charge in [-0.1, -0.05) is 13.0 Å². The molecule has 0 N–H and O–H groups in total. The Morgan fingerprint density at radius 2 is 2.14 bits per heavy atom. The fraction of sp³-hybridized carbons (Fsp3) is 0.706. The van der Waals surface area contributed by atoms with Crippen LogP contribution in [0.1, 0.15) is 32.3 Å². The van der Waals surface area contributed by atoms with E-state index in [1.54, 1.807) is 17.7 Å². The Morgan fingerprint density at radius 3 is 2.82 bits per heavy atom. The molecule has 22 heavy (non-hydrogen) atoms. The molecule has 1 aliphatic heterocycles. The van der Waals surface area contributed by atoms with Crippen molar-refractivity contribution < 1.29 is 9.47 Å². The molecular weight excluding hydrogens is 280 g/mol. The van der Waals surface area contributed by atoms with Crippen molar-refractivity contribution in [1.29, 1.82) is 0 Å². The maximum atomic E-state index is 11.4. The van der Waals surface area contributed by atoms with Crippen LogP contribution in [-0.4, -0.2) is 54.5 Å². The molecule has 0 radical (unpaired) electrons. The van der Waals surface area contributed by atoms with E-state index in [1.807, 2.05) is 12.3 Å². The Balaban J connectivity index is 1.78. The van der Waals surface area contributed by atoms with E-state index in [1.165, 1.54) is 0 Å². The largest absolute Gasteiger partial charge is 0.378 e. The van der Waals surface area contributed by atoms with E-state index < -0.39 is 0 Å². The van der Waals surface area contributed by atoms with Gasteiger partial charge in [0.25, 0.3) is 0 Å². The third-order valence-electron chi connectivity index (χ3n) is 4.25. The van der Waals surface area contributed by atoms with Gasteiger partial charge in [-0.25, -0.2) is 0 Å². The van der Waals surface area contributed by atoms with Crippen LogP contribution in [0.4, 0.5) is 0 Å². The standard InChI is InChI=1S/C17H28N2O3/c1-13(2)19-7-8-22-16(10-19)12-21-11-14(3)15-5-6-17(20)18(4)9-15/h5-6,9,13-14,16H,7-8,10-12H2,1-4H3. The van der Waals surface area contributed by atoms with Crippen LogP contribution < -0.4 is 5.56 Å². The minimum atomic E-state index is 0.0150. The van der Waals surface area contributed by atoms with Gasteiger partial charge < -0.3 is 14.0 Å². The Morgan fingerprint density at radius 1 is 1.36 bits per heavy atom. The zero-order valence-electron chi connectivity index (χ0n) is 14.1. The minimum absolute atomic E-state index is 0.0150. The number of ether oxygens (including phenoxy) is 2. The van der Waals surface area contributed by atoms with E-state index in [4.69, 9.17) is 9.47 Å². The summed E-state index contributed by atoms with van der Waals surface area (Å²) in [6, 6.07) is 4.04. The molecule has 1 fully saturated rings. The number of nitrogens with zero attached hydrogens (tertiary/aromatic N) is 2. The SMILES string of the molecule is CC(COCC1CN(C(C)C)CCO1)c1ccc(=O)n(C)c1. The van der Waals surface area contributed by atoms with Crippen LogP contribution in [0.2, 0.25) is 0 Å². The van der Waals surface area contributed by atoms with Gasteiger partial charge in [0.1, 0.15) is 0 Å². The summed E-state index contributed by atoms with van der Waals surface area (Å²) in [6.07, 6.45) is 2.04. The van der Waals surface area contributed by atoms with Gasteiger partial charge in [0.15, 0.2) is 0 Å². The second-order valence-electron chi connectivity index (χ2n) is 6.43. The molecular formula is C17H28N2O3. The monoisotopic (exact) mass is 308 g/mol. The Kier molecular flexibility index (Phi) is 6.17. The molecule has 1 aromatic heterocycles. The number of pyridine rings is 1. The van der Waals surface area contributed by atoms with Gasteiger partial charge in [-0.05, 0) is 19.4 Å². The number of aromatic nitrogens is 1. The number of aryl methyl sites for hydroxylation is 1. The molecule has 0 spiro atoms. The highest BCUT2D eigenvalue weighted by Gasteiger charge is 2.22. The van der Waals surface area contributed by atoms with E-state index >= 15 is 0 Å². The predicted octanol–water partition coefficient (Wildman–Crippen LogP) is 1.61. The van der Waals surface area contributed by atoms with Crippen molar-refractivity contribution in [3.8, 4) is 0 Å². The van der Waals surface area contributed by atoms with Crippen molar-refractivity contribution >= 4 is 0 Å². The Labute approximate surface area is 132 Å². The van der Waals surface area contributed by atoms with Crippen molar-refractivity contribution in [2.75, 3.05) is 32.9 Å². The number of hydrogen-bond donors (Lipinski definition) is 0. The Hall–Kier alpha value is -1.17. The lowest BCUT2D eigenvalue weighted by Gasteiger charge is -2.35. The summed E-state index contributed by atoms with van der Waals surface area (Å²) >= 11 is 0. The Bertz CT molecular complexity index is 527. The van der Waals surface area contributed by atoms with Crippen LogP contribution in [0, 0.1) is 0 Å². The molecule has 5 heteroatoms. The van der Waals surface area contributed by atoms with Crippen LogP contribution in [0.25, 0.3) is 0 Å². The maximum absolute atomic E-state index is 11.4. The van der Waals surface area contributed by atoms with E-state index in [0.29, 0.717) is 19.3 Å². The van der Waals surface area contributed by atoms with Gasteiger partial charge in [-0.2, -0.15) is 0 Å². The van der Waals surface area contributed by atoms with Gasteiger partial charge in [0, 0.05) is 44.4 Å². The van der Waals surface area contributed by atoms with Crippen molar-refractivity contribution in [3.63, 3.8) is 0 Å². The van der Waals surface area contributed by atoms with Gasteiger partial charge >= 0.3 is 0 Å². The topological polar surface area (TPSA) is 43.7 Å². The summed E-state index contributed by atoms with van der Waals surface area (Å²) in [5, 5.41) is 0. The molecule has 1 aliphatic rings.